The molecule has 0 aromatic rings. The summed E-state index contributed by atoms with van der Waals surface area (Å²) in [6.07, 6.45) is 6.25. The van der Waals surface area contributed by atoms with Crippen molar-refractivity contribution in [2.24, 2.45) is 20.0 Å². The van der Waals surface area contributed by atoms with Crippen LogP contribution in [0.25, 0.3) is 0 Å². The second-order valence-corrected chi connectivity index (χ2v) is 4.82. The van der Waals surface area contributed by atoms with Crippen LogP contribution >= 0.6 is 0 Å². The molecule has 1 fully saturated rings. The third kappa shape index (κ3) is 2.45. The number of rotatable bonds is 4. The van der Waals surface area contributed by atoms with Gasteiger partial charge in [-0.25, -0.2) is 24.2 Å². The van der Waals surface area contributed by atoms with Crippen molar-refractivity contribution in [3.05, 3.63) is 0 Å². The molecular weight excluding hydrogens is 264 g/mol. The van der Waals surface area contributed by atoms with Gasteiger partial charge in [-0.3, -0.25) is 0 Å². The lowest BCUT2D eigenvalue weighted by molar-refractivity contribution is 0.143. The van der Waals surface area contributed by atoms with Gasteiger partial charge in [-0.05, 0) is 26.7 Å². The van der Waals surface area contributed by atoms with Crippen molar-refractivity contribution in [3.63, 3.8) is 0 Å². The topological polar surface area (TPSA) is 118 Å². The summed E-state index contributed by atoms with van der Waals surface area (Å²) in [5.41, 5.74) is -2.46. The summed E-state index contributed by atoms with van der Waals surface area (Å²) in [5, 5.41) is 0. The van der Waals surface area contributed by atoms with Crippen LogP contribution < -0.4 is 0 Å². The number of aliphatic imine (C=N–C) groups is 4. The van der Waals surface area contributed by atoms with Gasteiger partial charge in [0, 0.05) is 0 Å². The Morgan fingerprint density at radius 1 is 0.900 bits per heavy atom. The predicted octanol–water partition coefficient (Wildman–Crippen LogP) is 0.378. The highest BCUT2D eigenvalue weighted by Gasteiger charge is 2.57. The van der Waals surface area contributed by atoms with Crippen molar-refractivity contribution >= 4 is 24.3 Å². The minimum atomic E-state index is -1.35. The number of carbonyl (C=O) groups excluding carboxylic acids is 4. The van der Waals surface area contributed by atoms with Gasteiger partial charge in [-0.1, -0.05) is 0 Å². The van der Waals surface area contributed by atoms with Crippen molar-refractivity contribution in [2.75, 3.05) is 0 Å². The smallest absolute Gasteiger partial charge is 0.211 e. The maximum atomic E-state index is 10.7. The van der Waals surface area contributed by atoms with Crippen LogP contribution in [0.1, 0.15) is 26.7 Å². The Morgan fingerprint density at radius 2 is 1.50 bits per heavy atom. The van der Waals surface area contributed by atoms with E-state index in [1.54, 1.807) is 6.92 Å². The first-order valence-electron chi connectivity index (χ1n) is 5.81. The molecule has 0 aromatic heterocycles. The number of nitrogens with zero attached hydrogens (tertiary/aromatic N) is 4. The van der Waals surface area contributed by atoms with Crippen molar-refractivity contribution in [3.8, 4) is 0 Å². The second kappa shape index (κ2) is 6.11. The van der Waals surface area contributed by atoms with E-state index >= 15 is 0 Å². The molecule has 0 N–H and O–H groups in total. The Balaban J connectivity index is 3.52. The van der Waals surface area contributed by atoms with E-state index in [1.165, 1.54) is 31.2 Å². The molecule has 8 nitrogen and oxygen atoms in total. The molecule has 4 unspecified atom stereocenters. The summed E-state index contributed by atoms with van der Waals surface area (Å²) in [6.45, 7) is 3.09. The van der Waals surface area contributed by atoms with Crippen LogP contribution in [-0.4, -0.2) is 47.5 Å². The molecule has 4 atom stereocenters. The molecule has 0 radical (unpaired) electrons. The molecular formula is C12H12N4O4. The van der Waals surface area contributed by atoms with E-state index in [9.17, 15) is 19.2 Å². The minimum absolute atomic E-state index is 0.310. The Labute approximate surface area is 114 Å². The summed E-state index contributed by atoms with van der Waals surface area (Å²) < 4.78 is 0. The molecule has 0 saturated heterocycles. The highest BCUT2D eigenvalue weighted by atomic mass is 16.1. The second-order valence-electron chi connectivity index (χ2n) is 4.82. The molecule has 8 heteroatoms. The van der Waals surface area contributed by atoms with Crippen LogP contribution in [0.4, 0.5) is 0 Å². The molecule has 20 heavy (non-hydrogen) atoms. The molecule has 1 rings (SSSR count). The Morgan fingerprint density at radius 3 is 2.00 bits per heavy atom. The maximum Gasteiger partial charge on any atom is 0.235 e. The molecule has 0 amide bonds. The fourth-order valence-corrected chi connectivity index (χ4v) is 2.56. The predicted molar refractivity (Wildman–Crippen MR) is 66.1 cm³/mol. The summed E-state index contributed by atoms with van der Waals surface area (Å²) in [4.78, 5) is 56.9. The zero-order valence-electron chi connectivity index (χ0n) is 11.0. The van der Waals surface area contributed by atoms with Crippen LogP contribution in [-0.2, 0) is 19.2 Å². The van der Waals surface area contributed by atoms with E-state index in [0.29, 0.717) is 12.8 Å². The third-order valence-electron chi connectivity index (χ3n) is 3.94. The lowest BCUT2D eigenvalue weighted by atomic mass is 9.65. The molecule has 0 aliphatic heterocycles. The quantitative estimate of drug-likeness (QED) is 0.544. The van der Waals surface area contributed by atoms with E-state index in [0.717, 1.165) is 0 Å². The monoisotopic (exact) mass is 276 g/mol. The zero-order chi connectivity index (χ0) is 15.2. The third-order valence-corrected chi connectivity index (χ3v) is 3.94. The Hall–Kier alpha value is -2.48. The summed E-state index contributed by atoms with van der Waals surface area (Å²) in [6, 6.07) is -1.65. The molecule has 0 heterocycles. The number of isocyanates is 4. The lowest BCUT2D eigenvalue weighted by Gasteiger charge is -2.47. The molecule has 1 aliphatic carbocycles. The van der Waals surface area contributed by atoms with Crippen LogP contribution in [0.5, 0.6) is 0 Å². The normalized spacial score (nSPS) is 35.5. The van der Waals surface area contributed by atoms with E-state index in [2.05, 4.69) is 20.0 Å². The summed E-state index contributed by atoms with van der Waals surface area (Å²) in [5.74, 6) is 0. The molecule has 0 bridgehead atoms. The summed E-state index contributed by atoms with van der Waals surface area (Å²) >= 11 is 0. The van der Waals surface area contributed by atoms with E-state index < -0.39 is 23.2 Å². The maximum absolute atomic E-state index is 10.7. The Kier molecular flexibility index (Phi) is 4.76. The van der Waals surface area contributed by atoms with Crippen LogP contribution in [0.15, 0.2) is 20.0 Å². The fourth-order valence-electron chi connectivity index (χ4n) is 2.56. The van der Waals surface area contributed by atoms with Crippen molar-refractivity contribution < 1.29 is 19.2 Å². The van der Waals surface area contributed by atoms with Gasteiger partial charge in [-0.15, -0.1) is 0 Å². The molecule has 0 spiro atoms. The van der Waals surface area contributed by atoms with E-state index in [1.807, 2.05) is 0 Å². The van der Waals surface area contributed by atoms with E-state index in [4.69, 9.17) is 0 Å². The average Bonchev–Trinajstić information content (AvgIpc) is 2.40. The van der Waals surface area contributed by atoms with Gasteiger partial charge in [0.15, 0.2) is 0 Å². The first kappa shape index (κ1) is 15.6. The minimum Gasteiger partial charge on any atom is -0.211 e. The number of hydrogen-bond acceptors (Lipinski definition) is 8. The van der Waals surface area contributed by atoms with E-state index in [-0.39, 0.29) is 0 Å². The van der Waals surface area contributed by atoms with Gasteiger partial charge in [-0.2, -0.15) is 15.0 Å². The van der Waals surface area contributed by atoms with Crippen molar-refractivity contribution in [2.45, 2.75) is 49.9 Å². The fraction of sp³-hybridized carbons (Fsp3) is 0.667. The van der Waals surface area contributed by atoms with Gasteiger partial charge < -0.3 is 0 Å². The van der Waals surface area contributed by atoms with Crippen LogP contribution in [0.2, 0.25) is 0 Å². The average molecular weight is 276 g/mol. The van der Waals surface area contributed by atoms with Crippen LogP contribution in [0.3, 0.4) is 0 Å². The highest BCUT2D eigenvalue weighted by molar-refractivity contribution is 5.44. The van der Waals surface area contributed by atoms with Gasteiger partial charge in [0.2, 0.25) is 24.3 Å². The molecule has 104 valence electrons. The largest absolute Gasteiger partial charge is 0.235 e. The van der Waals surface area contributed by atoms with Crippen molar-refractivity contribution in [1.82, 2.24) is 0 Å². The zero-order valence-corrected chi connectivity index (χ0v) is 11.0. The number of hydrogen-bond donors (Lipinski definition) is 0. The first-order chi connectivity index (χ1) is 9.49. The molecule has 1 saturated carbocycles. The highest BCUT2D eigenvalue weighted by Crippen LogP contribution is 2.44. The van der Waals surface area contributed by atoms with Crippen molar-refractivity contribution in [1.29, 1.82) is 0 Å². The van der Waals surface area contributed by atoms with Gasteiger partial charge in [0.1, 0.15) is 11.6 Å². The van der Waals surface area contributed by atoms with Gasteiger partial charge >= 0.3 is 0 Å². The Bertz CT molecular complexity index is 580. The standard InChI is InChI=1S/C12H12N4O4/c1-11(15-7-19)4-3-9(13-5-17)10(14-6-18)12(11,2)16-8-20/h9-10H,3-4H2,1-2H3. The first-order valence-corrected chi connectivity index (χ1v) is 5.81. The van der Waals surface area contributed by atoms with Gasteiger partial charge in [0.05, 0.1) is 11.6 Å². The summed E-state index contributed by atoms with van der Waals surface area (Å²) in [7, 11) is 0. The SMILES string of the molecule is CC1(N=C=O)CCC(N=C=O)C(N=C=O)C1(C)N=C=O. The van der Waals surface area contributed by atoms with Crippen LogP contribution in [0, 0.1) is 0 Å². The lowest BCUT2D eigenvalue weighted by Crippen LogP contribution is -2.61. The molecule has 0 aromatic carbocycles. The van der Waals surface area contributed by atoms with Gasteiger partial charge in [0.25, 0.3) is 0 Å². The molecule has 1 aliphatic rings.